The minimum absolute atomic E-state index is 0.0395. The van der Waals surface area contributed by atoms with Gasteiger partial charge in [-0.15, -0.1) is 0 Å². The van der Waals surface area contributed by atoms with Crippen molar-refractivity contribution in [2.24, 2.45) is 16.8 Å². The third-order valence-corrected chi connectivity index (χ3v) is 4.99. The van der Waals surface area contributed by atoms with Gasteiger partial charge in [-0.25, -0.2) is 0 Å². The van der Waals surface area contributed by atoms with Gasteiger partial charge in [-0.05, 0) is 36.9 Å². The lowest BCUT2D eigenvalue weighted by atomic mass is 10.0. The number of carboxylic acid groups (broad SMARTS) is 1. The molecule has 0 saturated heterocycles. The number of benzene rings is 1. The number of aliphatic hydroxyl groups is 1. The highest BCUT2D eigenvalue weighted by atomic mass is 16.6. The van der Waals surface area contributed by atoms with Gasteiger partial charge in [0, 0.05) is 25.9 Å². The number of carboxylic acids is 1. The molecule has 2 atom stereocenters. The van der Waals surface area contributed by atoms with Crippen LogP contribution < -0.4 is 21.7 Å². The van der Waals surface area contributed by atoms with Gasteiger partial charge in [-0.2, -0.15) is 0 Å². The minimum atomic E-state index is -1.06. The smallest absolute Gasteiger partial charge is 0.303 e. The Bertz CT molecular complexity index is 828. The number of oxime groups is 1. The van der Waals surface area contributed by atoms with Gasteiger partial charge in [0.2, 0.25) is 11.8 Å². The van der Waals surface area contributed by atoms with Crippen LogP contribution in [-0.4, -0.2) is 78.6 Å². The first-order valence-electron chi connectivity index (χ1n) is 11.8. The molecule has 196 valence electrons. The van der Waals surface area contributed by atoms with Crippen molar-refractivity contribution in [1.82, 2.24) is 16.0 Å². The molecule has 0 aliphatic heterocycles. The van der Waals surface area contributed by atoms with Crippen molar-refractivity contribution in [2.75, 3.05) is 32.8 Å². The average molecular weight is 494 g/mol. The minimum Gasteiger partial charge on any atom is -0.481 e. The van der Waals surface area contributed by atoms with Crippen LogP contribution in [0.5, 0.6) is 0 Å². The number of rotatable bonds is 17. The normalized spacial score (nSPS) is 13.3. The number of nitrogens with one attached hydrogen (secondary N) is 3. The fraction of sp³-hybridized carbons (Fsp3) is 0.583. The van der Waals surface area contributed by atoms with Gasteiger partial charge in [-0.1, -0.05) is 43.3 Å². The van der Waals surface area contributed by atoms with Gasteiger partial charge in [0.15, 0.2) is 0 Å². The Labute approximate surface area is 206 Å². The van der Waals surface area contributed by atoms with E-state index in [2.05, 4.69) is 35.0 Å². The quantitative estimate of drug-likeness (QED) is 0.0998. The lowest BCUT2D eigenvalue weighted by Crippen LogP contribution is -2.52. The van der Waals surface area contributed by atoms with E-state index in [1.807, 2.05) is 31.2 Å². The molecule has 1 rings (SSSR count). The highest BCUT2D eigenvalue weighted by Crippen LogP contribution is 2.09. The molecule has 7 N–H and O–H groups in total. The first-order valence-corrected chi connectivity index (χ1v) is 11.8. The van der Waals surface area contributed by atoms with Crippen molar-refractivity contribution in [1.29, 1.82) is 0 Å². The molecular formula is C24H39N5O6. The van der Waals surface area contributed by atoms with E-state index in [1.165, 1.54) is 0 Å². The van der Waals surface area contributed by atoms with E-state index in [1.54, 1.807) is 0 Å². The van der Waals surface area contributed by atoms with E-state index >= 15 is 0 Å². The zero-order valence-corrected chi connectivity index (χ0v) is 20.8. The number of nitrogens with two attached hydrogens (primary N) is 1. The lowest BCUT2D eigenvalue weighted by Gasteiger charge is -2.20. The molecule has 35 heavy (non-hydrogen) atoms. The van der Waals surface area contributed by atoms with Crippen LogP contribution in [0.2, 0.25) is 0 Å². The molecule has 0 unspecified atom stereocenters. The Balaban J connectivity index is 2.74. The highest BCUT2D eigenvalue weighted by Gasteiger charge is 2.24. The van der Waals surface area contributed by atoms with E-state index in [0.29, 0.717) is 24.8 Å². The Morgan fingerprint density at radius 3 is 2.40 bits per heavy atom. The number of hydrogen-bond acceptors (Lipinski definition) is 8. The summed E-state index contributed by atoms with van der Waals surface area (Å²) < 4.78 is 0. The maximum Gasteiger partial charge on any atom is 0.303 e. The molecule has 0 aromatic heterocycles. The van der Waals surface area contributed by atoms with Crippen LogP contribution in [0.4, 0.5) is 0 Å². The maximum absolute atomic E-state index is 12.5. The molecular weight excluding hydrogens is 454 g/mol. The van der Waals surface area contributed by atoms with Crippen LogP contribution in [0.25, 0.3) is 0 Å². The second-order valence-corrected chi connectivity index (χ2v) is 8.62. The van der Waals surface area contributed by atoms with Crippen molar-refractivity contribution in [3.8, 4) is 0 Å². The fourth-order valence-corrected chi connectivity index (χ4v) is 3.02. The van der Waals surface area contributed by atoms with Gasteiger partial charge in [0.05, 0.1) is 18.4 Å². The molecule has 0 saturated carbocycles. The first kappa shape index (κ1) is 30.0. The monoisotopic (exact) mass is 493 g/mol. The molecule has 0 heterocycles. The van der Waals surface area contributed by atoms with Crippen molar-refractivity contribution >= 4 is 23.5 Å². The Kier molecular flexibility index (Phi) is 14.2. The molecule has 0 radical (unpaired) electrons. The van der Waals surface area contributed by atoms with E-state index in [-0.39, 0.29) is 32.4 Å². The predicted octanol–water partition coefficient (Wildman–Crippen LogP) is 0.000700. The third kappa shape index (κ3) is 12.9. The molecule has 0 bridgehead atoms. The largest absolute Gasteiger partial charge is 0.481 e. The van der Waals surface area contributed by atoms with Crippen molar-refractivity contribution in [3.63, 3.8) is 0 Å². The van der Waals surface area contributed by atoms with Gasteiger partial charge < -0.3 is 36.7 Å². The topological polar surface area (TPSA) is 175 Å². The van der Waals surface area contributed by atoms with Crippen molar-refractivity contribution in [2.45, 2.75) is 52.1 Å². The summed E-state index contributed by atoms with van der Waals surface area (Å²) in [5.41, 5.74) is 8.10. The summed E-state index contributed by atoms with van der Waals surface area (Å²) in [6, 6.07) is 5.34. The van der Waals surface area contributed by atoms with Crippen LogP contribution >= 0.6 is 0 Å². The zero-order chi connectivity index (χ0) is 26.2. The van der Waals surface area contributed by atoms with Crippen LogP contribution in [0.3, 0.4) is 0 Å². The second-order valence-electron chi connectivity index (χ2n) is 8.62. The van der Waals surface area contributed by atoms with E-state index in [9.17, 15) is 14.4 Å². The van der Waals surface area contributed by atoms with E-state index < -0.39 is 29.9 Å². The zero-order valence-electron chi connectivity index (χ0n) is 20.8. The summed E-state index contributed by atoms with van der Waals surface area (Å²) >= 11 is 0. The molecule has 0 aliphatic carbocycles. The number of aliphatic hydroxyl groups excluding tert-OH is 1. The Morgan fingerprint density at radius 1 is 1.11 bits per heavy atom. The Hall–Kier alpha value is -3.02. The second kappa shape index (κ2) is 16.6. The average Bonchev–Trinajstić information content (AvgIpc) is 2.82. The maximum atomic E-state index is 12.5. The van der Waals surface area contributed by atoms with Crippen LogP contribution in [0.1, 0.15) is 44.7 Å². The molecule has 11 heteroatoms. The number of amides is 2. The summed E-state index contributed by atoms with van der Waals surface area (Å²) in [4.78, 5) is 41.0. The van der Waals surface area contributed by atoms with E-state index in [0.717, 1.165) is 17.7 Å². The van der Waals surface area contributed by atoms with Crippen molar-refractivity contribution < 1.29 is 29.4 Å². The predicted molar refractivity (Wildman–Crippen MR) is 133 cm³/mol. The molecule has 0 aliphatic rings. The Morgan fingerprint density at radius 2 is 1.80 bits per heavy atom. The van der Waals surface area contributed by atoms with E-state index in [4.69, 9.17) is 20.8 Å². The number of carbonyl (C=O) groups is 3. The molecule has 11 nitrogen and oxygen atoms in total. The van der Waals surface area contributed by atoms with Gasteiger partial charge in [-0.3, -0.25) is 14.4 Å². The molecule has 0 fully saturated rings. The number of carbonyl (C=O) groups excluding carboxylic acids is 2. The highest BCUT2D eigenvalue weighted by molar-refractivity contribution is 5.98. The van der Waals surface area contributed by atoms with Gasteiger partial charge >= 0.3 is 5.97 Å². The molecule has 0 spiro atoms. The van der Waals surface area contributed by atoms with Crippen LogP contribution in [0.15, 0.2) is 29.4 Å². The summed E-state index contributed by atoms with van der Waals surface area (Å²) in [7, 11) is 0. The van der Waals surface area contributed by atoms with Gasteiger partial charge in [0.1, 0.15) is 12.6 Å². The fourth-order valence-electron chi connectivity index (χ4n) is 3.02. The summed E-state index contributed by atoms with van der Waals surface area (Å²) in [6.07, 6.45) is -0.116. The molecule has 1 aromatic rings. The molecule has 1 aromatic carbocycles. The summed E-state index contributed by atoms with van der Waals surface area (Å²) in [5, 5.41) is 30.3. The van der Waals surface area contributed by atoms with Crippen LogP contribution in [-0.2, 0) is 25.6 Å². The van der Waals surface area contributed by atoms with Crippen molar-refractivity contribution in [3.05, 3.63) is 35.4 Å². The molecule has 2 amide bonds. The summed E-state index contributed by atoms with van der Waals surface area (Å²) in [6.45, 7) is 7.98. The number of hydrogen-bond donors (Lipinski definition) is 6. The summed E-state index contributed by atoms with van der Waals surface area (Å²) in [5.74, 6) is -1.58. The lowest BCUT2D eigenvalue weighted by molar-refractivity contribution is -0.137. The first-order chi connectivity index (χ1) is 16.6. The SMILES string of the molecule is C/C(=N\OCCNCC(C)C)c1ccc(C[C@H](NC(=O)[C@H](N)CCC(=O)O)C(=O)NCCO)cc1. The number of aliphatic carboxylic acids is 1. The number of nitrogens with zero attached hydrogens (tertiary/aromatic N) is 1. The van der Waals surface area contributed by atoms with Gasteiger partial charge in [0.25, 0.3) is 0 Å². The standard InChI is InChI=1S/C24H39N5O6/c1-16(2)15-26-11-13-35-29-17(3)19-6-4-18(5-7-19)14-21(24(34)27-10-12-30)28-23(33)20(25)8-9-22(31)32/h4-7,16,20-21,26,30H,8-15,25H2,1-3H3,(H,27,34)(H,28,33)(H,31,32)/b29-17+/t20-,21+/m1/s1. The third-order valence-electron chi connectivity index (χ3n) is 4.99. The van der Waals surface area contributed by atoms with Crippen LogP contribution in [0, 0.1) is 5.92 Å².